The Labute approximate surface area is 130 Å². The Morgan fingerprint density at radius 1 is 1.09 bits per heavy atom. The molecule has 0 saturated heterocycles. The molecule has 2 unspecified atom stereocenters. The Kier molecular flexibility index (Phi) is 2.93. The normalized spacial score (nSPS) is 25.5. The van der Waals surface area contributed by atoms with Crippen LogP contribution in [0.25, 0.3) is 11.1 Å². The number of carboxylic acid groups (broad SMARTS) is 1. The van der Waals surface area contributed by atoms with Crippen LogP contribution in [0, 0.1) is 5.92 Å². The number of allylic oxidation sites excluding steroid dienone is 2. The van der Waals surface area contributed by atoms with Crippen LogP contribution in [-0.2, 0) is 5.41 Å². The molecule has 0 aliphatic heterocycles. The highest BCUT2D eigenvalue weighted by atomic mass is 16.4. The summed E-state index contributed by atoms with van der Waals surface area (Å²) in [4.78, 5) is 12.0. The van der Waals surface area contributed by atoms with Crippen LogP contribution in [-0.4, -0.2) is 11.1 Å². The molecule has 2 aromatic carbocycles. The topological polar surface area (TPSA) is 37.3 Å². The molecule has 110 valence electrons. The minimum absolute atomic E-state index is 0.0663. The van der Waals surface area contributed by atoms with Gasteiger partial charge < -0.3 is 5.11 Å². The van der Waals surface area contributed by atoms with Crippen molar-refractivity contribution in [3.05, 3.63) is 71.8 Å². The number of benzene rings is 2. The summed E-state index contributed by atoms with van der Waals surface area (Å²) < 4.78 is 0. The summed E-state index contributed by atoms with van der Waals surface area (Å²) in [6.45, 7) is 0. The molecule has 0 radical (unpaired) electrons. The van der Waals surface area contributed by atoms with Crippen LogP contribution in [0.3, 0.4) is 0 Å². The quantitative estimate of drug-likeness (QED) is 0.835. The maximum Gasteiger partial charge on any atom is 0.336 e. The fourth-order valence-electron chi connectivity index (χ4n) is 4.14. The van der Waals surface area contributed by atoms with Crippen molar-refractivity contribution in [2.45, 2.75) is 24.7 Å². The molecular weight excluding hydrogens is 272 g/mol. The summed E-state index contributed by atoms with van der Waals surface area (Å²) in [6, 6.07) is 15.7. The molecular formula is C20H18O2. The molecule has 0 spiro atoms. The SMILES string of the molecule is O=C(O)c1c(-c2ccccc2)cccc1C12C=CC(CC1)C2. The number of aromatic carboxylic acids is 1. The number of carbonyl (C=O) groups is 1. The molecule has 2 nitrogen and oxygen atoms in total. The first-order valence-corrected chi connectivity index (χ1v) is 7.81. The van der Waals surface area contributed by atoms with E-state index in [1.165, 1.54) is 6.42 Å². The Morgan fingerprint density at radius 2 is 1.91 bits per heavy atom. The van der Waals surface area contributed by atoms with Gasteiger partial charge in [-0.3, -0.25) is 0 Å². The van der Waals surface area contributed by atoms with E-state index in [4.69, 9.17) is 0 Å². The molecule has 0 heterocycles. The highest BCUT2D eigenvalue weighted by Crippen LogP contribution is 2.52. The van der Waals surface area contributed by atoms with Crippen LogP contribution in [0.15, 0.2) is 60.7 Å². The zero-order valence-corrected chi connectivity index (χ0v) is 12.3. The molecule has 1 N–H and O–H groups in total. The van der Waals surface area contributed by atoms with Gasteiger partial charge in [-0.15, -0.1) is 0 Å². The number of hydrogen-bond donors (Lipinski definition) is 1. The van der Waals surface area contributed by atoms with Crippen molar-refractivity contribution in [2.24, 2.45) is 5.92 Å². The van der Waals surface area contributed by atoms with E-state index in [0.717, 1.165) is 29.5 Å². The Morgan fingerprint density at radius 3 is 2.50 bits per heavy atom. The van der Waals surface area contributed by atoms with Crippen molar-refractivity contribution in [3.8, 4) is 11.1 Å². The van der Waals surface area contributed by atoms with E-state index in [1.54, 1.807) is 0 Å². The molecule has 2 aromatic rings. The summed E-state index contributed by atoms with van der Waals surface area (Å²) >= 11 is 0. The van der Waals surface area contributed by atoms with Crippen molar-refractivity contribution < 1.29 is 9.90 Å². The van der Waals surface area contributed by atoms with Gasteiger partial charge in [-0.05, 0) is 41.9 Å². The first kappa shape index (κ1) is 13.3. The number of hydrogen-bond acceptors (Lipinski definition) is 1. The van der Waals surface area contributed by atoms with Crippen molar-refractivity contribution in [1.82, 2.24) is 0 Å². The van der Waals surface area contributed by atoms with Gasteiger partial charge in [-0.25, -0.2) is 4.79 Å². The van der Waals surface area contributed by atoms with E-state index < -0.39 is 5.97 Å². The molecule has 22 heavy (non-hydrogen) atoms. The maximum absolute atomic E-state index is 12.0. The molecule has 2 bridgehead atoms. The lowest BCUT2D eigenvalue weighted by molar-refractivity contribution is 0.0695. The number of rotatable bonds is 3. The zero-order chi connectivity index (χ0) is 15.2. The predicted octanol–water partition coefficient (Wildman–Crippen LogP) is 4.66. The molecule has 2 aliphatic rings. The van der Waals surface area contributed by atoms with Gasteiger partial charge in [0.05, 0.1) is 5.56 Å². The molecule has 4 rings (SSSR count). The van der Waals surface area contributed by atoms with E-state index in [0.29, 0.717) is 11.5 Å². The van der Waals surface area contributed by atoms with Crippen molar-refractivity contribution in [1.29, 1.82) is 0 Å². The van der Waals surface area contributed by atoms with Crippen molar-refractivity contribution in [2.75, 3.05) is 0 Å². The second kappa shape index (κ2) is 4.84. The smallest absolute Gasteiger partial charge is 0.336 e. The second-order valence-corrected chi connectivity index (χ2v) is 6.42. The van der Waals surface area contributed by atoms with Gasteiger partial charge in [0.25, 0.3) is 0 Å². The molecule has 1 saturated carbocycles. The lowest BCUT2D eigenvalue weighted by Gasteiger charge is -2.27. The lowest BCUT2D eigenvalue weighted by atomic mass is 9.76. The lowest BCUT2D eigenvalue weighted by Crippen LogP contribution is -2.22. The van der Waals surface area contributed by atoms with E-state index >= 15 is 0 Å². The highest BCUT2D eigenvalue weighted by molar-refractivity contribution is 5.98. The van der Waals surface area contributed by atoms with Crippen LogP contribution in [0.1, 0.15) is 35.2 Å². The number of fused-ring (bicyclic) bond motifs is 2. The zero-order valence-electron chi connectivity index (χ0n) is 12.3. The number of carboxylic acids is 1. The van der Waals surface area contributed by atoms with Crippen LogP contribution in [0.2, 0.25) is 0 Å². The first-order valence-electron chi connectivity index (χ1n) is 7.81. The van der Waals surface area contributed by atoms with E-state index in [-0.39, 0.29) is 5.41 Å². The van der Waals surface area contributed by atoms with Gasteiger partial charge in [0.2, 0.25) is 0 Å². The van der Waals surface area contributed by atoms with Crippen molar-refractivity contribution in [3.63, 3.8) is 0 Å². The maximum atomic E-state index is 12.0. The summed E-state index contributed by atoms with van der Waals surface area (Å²) in [7, 11) is 0. The van der Waals surface area contributed by atoms with Gasteiger partial charge in [-0.2, -0.15) is 0 Å². The van der Waals surface area contributed by atoms with Crippen LogP contribution >= 0.6 is 0 Å². The minimum Gasteiger partial charge on any atom is -0.478 e. The Balaban J connectivity index is 1.94. The van der Waals surface area contributed by atoms with Crippen LogP contribution < -0.4 is 0 Å². The van der Waals surface area contributed by atoms with Gasteiger partial charge in [-0.1, -0.05) is 60.7 Å². The predicted molar refractivity (Wildman–Crippen MR) is 87.0 cm³/mol. The Bertz CT molecular complexity index is 761. The molecule has 2 aliphatic carbocycles. The monoisotopic (exact) mass is 290 g/mol. The fourth-order valence-corrected chi connectivity index (χ4v) is 4.14. The molecule has 0 aromatic heterocycles. The summed E-state index contributed by atoms with van der Waals surface area (Å²) in [5.41, 5.74) is 3.18. The van der Waals surface area contributed by atoms with E-state index in [9.17, 15) is 9.90 Å². The first-order chi connectivity index (χ1) is 10.7. The average Bonchev–Trinajstić information content (AvgIpc) is 3.17. The second-order valence-electron chi connectivity index (χ2n) is 6.42. The van der Waals surface area contributed by atoms with Crippen LogP contribution in [0.4, 0.5) is 0 Å². The standard InChI is InChI=1S/C20H18O2/c21-19(22)18-16(15-5-2-1-3-6-15)7-4-8-17(18)20-11-9-14(13-20)10-12-20/h1-9,11,14H,10,12-13H2,(H,21,22). The third kappa shape index (κ3) is 1.91. The van der Waals surface area contributed by atoms with Gasteiger partial charge in [0, 0.05) is 5.41 Å². The van der Waals surface area contributed by atoms with Gasteiger partial charge in [0.15, 0.2) is 0 Å². The van der Waals surface area contributed by atoms with Crippen LogP contribution in [0.5, 0.6) is 0 Å². The minimum atomic E-state index is -0.826. The third-order valence-corrected chi connectivity index (χ3v) is 5.17. The van der Waals surface area contributed by atoms with E-state index in [1.807, 2.05) is 48.5 Å². The molecule has 1 fully saturated rings. The molecule has 2 heteroatoms. The Hall–Kier alpha value is -2.35. The summed E-state index contributed by atoms with van der Waals surface area (Å²) in [6.07, 6.45) is 7.81. The third-order valence-electron chi connectivity index (χ3n) is 5.17. The largest absolute Gasteiger partial charge is 0.478 e. The molecule has 0 amide bonds. The van der Waals surface area contributed by atoms with Gasteiger partial charge >= 0.3 is 5.97 Å². The fraction of sp³-hybridized carbons (Fsp3) is 0.250. The highest BCUT2D eigenvalue weighted by Gasteiger charge is 2.44. The average molecular weight is 290 g/mol. The summed E-state index contributed by atoms with van der Waals surface area (Å²) in [5.74, 6) is -0.199. The van der Waals surface area contributed by atoms with E-state index in [2.05, 4.69) is 12.2 Å². The summed E-state index contributed by atoms with van der Waals surface area (Å²) in [5, 5.41) is 9.87. The van der Waals surface area contributed by atoms with Crippen molar-refractivity contribution >= 4 is 5.97 Å². The van der Waals surface area contributed by atoms with Gasteiger partial charge in [0.1, 0.15) is 0 Å². The molecule has 2 atom stereocenters.